The van der Waals surface area contributed by atoms with Gasteiger partial charge in [0.15, 0.2) is 23.1 Å². The molecule has 1 aromatic heterocycles. The van der Waals surface area contributed by atoms with Gasteiger partial charge in [-0.05, 0) is 68.1 Å². The molecular weight excluding hydrogens is 461 g/mol. The maximum atomic E-state index is 14.0. The molecule has 1 fully saturated rings. The van der Waals surface area contributed by atoms with E-state index in [0.29, 0.717) is 19.8 Å². The second-order valence-electron chi connectivity index (χ2n) is 9.35. The normalized spacial score (nSPS) is 18.6. The van der Waals surface area contributed by atoms with Crippen LogP contribution in [0.25, 0.3) is 0 Å². The molecule has 0 unspecified atom stereocenters. The van der Waals surface area contributed by atoms with Gasteiger partial charge in [0, 0.05) is 26.4 Å². The Kier molecular flexibility index (Phi) is 8.83. The average molecular weight is 498 g/mol. The number of rotatable bonds is 11. The number of methoxy groups -OCH3 is 2. The highest BCUT2D eigenvalue weighted by Gasteiger charge is 2.34. The van der Waals surface area contributed by atoms with Crippen molar-refractivity contribution >= 4 is 0 Å². The predicted octanol–water partition coefficient (Wildman–Crippen LogP) is 4.87. The third-order valence-corrected chi connectivity index (χ3v) is 6.73. The van der Waals surface area contributed by atoms with E-state index >= 15 is 0 Å². The van der Waals surface area contributed by atoms with Gasteiger partial charge in [0.25, 0.3) is 0 Å². The van der Waals surface area contributed by atoms with Crippen molar-refractivity contribution in [2.45, 2.75) is 44.9 Å². The van der Waals surface area contributed by atoms with Crippen molar-refractivity contribution in [3.63, 3.8) is 0 Å². The Morgan fingerprint density at radius 3 is 2.61 bits per heavy atom. The predicted molar refractivity (Wildman–Crippen MR) is 136 cm³/mol. The molecule has 0 N–H and O–H groups in total. The number of halogens is 1. The van der Waals surface area contributed by atoms with Crippen molar-refractivity contribution in [1.29, 1.82) is 0 Å². The maximum Gasteiger partial charge on any atom is 0.165 e. The fourth-order valence-corrected chi connectivity index (χ4v) is 4.59. The first kappa shape index (κ1) is 26.0. The molecule has 1 aliphatic rings. The summed E-state index contributed by atoms with van der Waals surface area (Å²) in [6, 6.07) is 12.6. The van der Waals surface area contributed by atoms with Crippen molar-refractivity contribution in [2.24, 2.45) is 0 Å². The molecule has 4 rings (SSSR count). The van der Waals surface area contributed by atoms with Gasteiger partial charge in [0.1, 0.15) is 18.8 Å². The Labute approximate surface area is 212 Å². The van der Waals surface area contributed by atoms with E-state index in [1.165, 1.54) is 6.07 Å². The van der Waals surface area contributed by atoms with Gasteiger partial charge in [-0.2, -0.15) is 5.10 Å². The standard InChI is InChI=1S/C28H36FN3O4/c1-22-18-30-32(19-22)15-16-35-27-17-23(9-10-26(27)33-2)20-31-13-6-11-28(34-3,12-14-31)21-36-25-8-5-4-7-24(25)29/h4-5,7-10,17-19H,6,11-16,20-21H2,1-3H3/t28-/m0/s1. The van der Waals surface area contributed by atoms with Crippen LogP contribution in [0, 0.1) is 12.7 Å². The quantitative estimate of drug-likeness (QED) is 0.377. The Hall–Kier alpha value is -3.10. The third-order valence-electron chi connectivity index (χ3n) is 6.73. The van der Waals surface area contributed by atoms with Crippen LogP contribution in [0.1, 0.15) is 30.4 Å². The van der Waals surface area contributed by atoms with Crippen LogP contribution in [0.4, 0.5) is 4.39 Å². The number of para-hydroxylation sites is 1. The number of ether oxygens (including phenoxy) is 4. The van der Waals surface area contributed by atoms with Gasteiger partial charge in [-0.25, -0.2) is 4.39 Å². The lowest BCUT2D eigenvalue weighted by molar-refractivity contribution is -0.0548. The summed E-state index contributed by atoms with van der Waals surface area (Å²) >= 11 is 0. The van der Waals surface area contributed by atoms with Crippen molar-refractivity contribution in [3.05, 3.63) is 71.8 Å². The molecule has 0 bridgehead atoms. The Morgan fingerprint density at radius 1 is 1.00 bits per heavy atom. The van der Waals surface area contributed by atoms with E-state index in [1.54, 1.807) is 32.4 Å². The van der Waals surface area contributed by atoms with Gasteiger partial charge >= 0.3 is 0 Å². The first-order valence-corrected chi connectivity index (χ1v) is 12.4. The molecule has 0 amide bonds. The highest BCUT2D eigenvalue weighted by Crippen LogP contribution is 2.31. The number of aromatic nitrogens is 2. The zero-order valence-corrected chi connectivity index (χ0v) is 21.4. The Bertz CT molecular complexity index is 1120. The van der Waals surface area contributed by atoms with Crippen LogP contribution < -0.4 is 14.2 Å². The van der Waals surface area contributed by atoms with E-state index in [9.17, 15) is 4.39 Å². The van der Waals surface area contributed by atoms with Gasteiger partial charge < -0.3 is 18.9 Å². The van der Waals surface area contributed by atoms with Crippen LogP contribution >= 0.6 is 0 Å². The van der Waals surface area contributed by atoms with Crippen LogP contribution in [0.2, 0.25) is 0 Å². The molecule has 2 heterocycles. The van der Waals surface area contributed by atoms with E-state index in [0.717, 1.165) is 61.5 Å². The fraction of sp³-hybridized carbons (Fsp3) is 0.464. The fourth-order valence-electron chi connectivity index (χ4n) is 4.59. The number of benzene rings is 2. The molecule has 0 radical (unpaired) electrons. The number of hydrogen-bond acceptors (Lipinski definition) is 6. The molecule has 1 atom stereocenters. The van der Waals surface area contributed by atoms with Crippen LogP contribution in [-0.2, 0) is 17.8 Å². The number of nitrogens with zero attached hydrogens (tertiary/aromatic N) is 3. The molecule has 1 aliphatic heterocycles. The van der Waals surface area contributed by atoms with E-state index in [4.69, 9.17) is 18.9 Å². The van der Waals surface area contributed by atoms with Crippen molar-refractivity contribution in [3.8, 4) is 17.2 Å². The maximum absolute atomic E-state index is 14.0. The van der Waals surface area contributed by atoms with Crippen LogP contribution in [0.5, 0.6) is 17.2 Å². The Morgan fingerprint density at radius 2 is 1.86 bits per heavy atom. The number of likely N-dealkylation sites (tertiary alicyclic amines) is 1. The van der Waals surface area contributed by atoms with Gasteiger partial charge in [-0.15, -0.1) is 0 Å². The summed E-state index contributed by atoms with van der Waals surface area (Å²) in [5.74, 6) is 1.37. The summed E-state index contributed by atoms with van der Waals surface area (Å²) in [5, 5.41) is 4.31. The number of hydrogen-bond donors (Lipinski definition) is 0. The van der Waals surface area contributed by atoms with E-state index < -0.39 is 5.60 Å². The smallest absolute Gasteiger partial charge is 0.165 e. The monoisotopic (exact) mass is 497 g/mol. The first-order chi connectivity index (χ1) is 17.5. The minimum atomic E-state index is -0.434. The zero-order valence-electron chi connectivity index (χ0n) is 21.4. The summed E-state index contributed by atoms with van der Waals surface area (Å²) in [6.45, 7) is 6.12. The molecule has 7 nitrogen and oxygen atoms in total. The minimum absolute atomic E-state index is 0.267. The summed E-state index contributed by atoms with van der Waals surface area (Å²) < 4.78 is 39.2. The van der Waals surface area contributed by atoms with Crippen LogP contribution in [0.3, 0.4) is 0 Å². The van der Waals surface area contributed by atoms with E-state index in [2.05, 4.69) is 22.1 Å². The lowest BCUT2D eigenvalue weighted by Gasteiger charge is -2.31. The molecule has 36 heavy (non-hydrogen) atoms. The molecule has 0 aliphatic carbocycles. The van der Waals surface area contributed by atoms with E-state index in [1.807, 2.05) is 30.1 Å². The van der Waals surface area contributed by atoms with Crippen LogP contribution in [-0.4, -0.2) is 60.8 Å². The average Bonchev–Trinajstić information content (AvgIpc) is 3.19. The first-order valence-electron chi connectivity index (χ1n) is 12.4. The van der Waals surface area contributed by atoms with Crippen molar-refractivity contribution in [1.82, 2.24) is 14.7 Å². The molecule has 8 heteroatoms. The zero-order chi connectivity index (χ0) is 25.4. The number of aryl methyl sites for hydroxylation is 1. The highest BCUT2D eigenvalue weighted by atomic mass is 19.1. The Balaban J connectivity index is 1.34. The molecule has 1 saturated heterocycles. The van der Waals surface area contributed by atoms with Crippen LogP contribution in [0.15, 0.2) is 54.9 Å². The highest BCUT2D eigenvalue weighted by molar-refractivity contribution is 5.43. The lowest BCUT2D eigenvalue weighted by atomic mass is 9.95. The van der Waals surface area contributed by atoms with Gasteiger partial charge in [-0.1, -0.05) is 18.2 Å². The SMILES string of the molecule is COc1ccc(CN2CCC[C@](COc3ccccc3F)(OC)CC2)cc1OCCn1cc(C)cn1. The van der Waals surface area contributed by atoms with Gasteiger partial charge in [0.2, 0.25) is 0 Å². The van der Waals surface area contributed by atoms with E-state index in [-0.39, 0.29) is 11.6 Å². The second-order valence-corrected chi connectivity index (χ2v) is 9.35. The largest absolute Gasteiger partial charge is 0.493 e. The summed E-state index contributed by atoms with van der Waals surface area (Å²) in [5.41, 5.74) is 1.85. The molecule has 0 saturated carbocycles. The topological polar surface area (TPSA) is 58.0 Å². The lowest BCUT2D eigenvalue weighted by Crippen LogP contribution is -2.39. The molecule has 2 aromatic carbocycles. The summed E-state index contributed by atoms with van der Waals surface area (Å²) in [7, 11) is 3.37. The summed E-state index contributed by atoms with van der Waals surface area (Å²) in [4.78, 5) is 2.42. The third kappa shape index (κ3) is 6.77. The molecule has 0 spiro atoms. The molecular formula is C28H36FN3O4. The molecule has 3 aromatic rings. The molecule has 194 valence electrons. The second kappa shape index (κ2) is 12.2. The van der Waals surface area contributed by atoms with Gasteiger partial charge in [-0.3, -0.25) is 9.58 Å². The minimum Gasteiger partial charge on any atom is -0.493 e. The van der Waals surface area contributed by atoms with Crippen molar-refractivity contribution in [2.75, 3.05) is 40.5 Å². The van der Waals surface area contributed by atoms with Crippen molar-refractivity contribution < 1.29 is 23.3 Å². The van der Waals surface area contributed by atoms with Gasteiger partial charge in [0.05, 0.1) is 19.9 Å². The summed E-state index contributed by atoms with van der Waals surface area (Å²) in [6.07, 6.45) is 6.47.